The molecule has 8 heteroatoms. The Bertz CT molecular complexity index is 1450. The smallest absolute Gasteiger partial charge is 0.338 e. The molecule has 0 aromatic heterocycles. The third-order valence-electron chi connectivity index (χ3n) is 11.4. The number of hydroxylamine groups is 4. The van der Waals surface area contributed by atoms with E-state index in [0.717, 1.165) is 11.1 Å². The van der Waals surface area contributed by atoms with Crippen LogP contribution in [0.3, 0.4) is 0 Å². The van der Waals surface area contributed by atoms with Crippen molar-refractivity contribution in [2.24, 2.45) is 23.7 Å². The fraction of sp³-hybridized carbons (Fsp3) is 0.565. The second-order valence-corrected chi connectivity index (χ2v) is 16.9. The van der Waals surface area contributed by atoms with Gasteiger partial charge in [-0.3, -0.25) is 9.68 Å². The third-order valence-corrected chi connectivity index (χ3v) is 11.4. The maximum atomic E-state index is 13.5. The van der Waals surface area contributed by atoms with Gasteiger partial charge in [-0.05, 0) is 72.9 Å². The molecule has 0 N–H and O–H groups in total. The highest BCUT2D eigenvalue weighted by molar-refractivity contribution is 5.93. The molecular weight excluding hydrogens is 677 g/mol. The summed E-state index contributed by atoms with van der Waals surface area (Å²) in [5.41, 5.74) is 3.10. The zero-order valence-corrected chi connectivity index (χ0v) is 34.2. The van der Waals surface area contributed by atoms with Crippen LogP contribution in [0, 0.1) is 23.7 Å². The predicted molar refractivity (Wildman–Crippen MR) is 213 cm³/mol. The van der Waals surface area contributed by atoms with Crippen LogP contribution in [0.2, 0.25) is 0 Å². The number of benzene rings is 3. The highest BCUT2D eigenvalue weighted by atomic mass is 16.7. The summed E-state index contributed by atoms with van der Waals surface area (Å²) in [5.74, 6) is 0.424. The van der Waals surface area contributed by atoms with Gasteiger partial charge in [0.05, 0.1) is 11.1 Å². The summed E-state index contributed by atoms with van der Waals surface area (Å²) in [6.45, 7) is 21.8. The zero-order chi connectivity index (χ0) is 39.1. The molecular formula is C46H64N2O6. The minimum absolute atomic E-state index is 0.0866. The Morgan fingerprint density at radius 2 is 0.741 bits per heavy atom. The molecule has 0 aliphatic carbocycles. The van der Waals surface area contributed by atoms with Crippen molar-refractivity contribution in [3.63, 3.8) is 0 Å². The number of carbonyl (C=O) groups is 2. The average Bonchev–Trinajstić information content (AvgIpc) is 3.15. The van der Waals surface area contributed by atoms with Gasteiger partial charge in [-0.1, -0.05) is 116 Å². The van der Waals surface area contributed by atoms with Crippen molar-refractivity contribution >= 4 is 11.9 Å². The number of carbonyl (C=O) groups excluding carboxylic acids is 2. The second-order valence-electron chi connectivity index (χ2n) is 16.9. The van der Waals surface area contributed by atoms with Gasteiger partial charge in [0.1, 0.15) is 24.4 Å². The maximum absolute atomic E-state index is 13.5. The van der Waals surface area contributed by atoms with Crippen LogP contribution in [0.1, 0.15) is 139 Å². The van der Waals surface area contributed by atoms with E-state index in [1.807, 2.05) is 36.4 Å². The maximum Gasteiger partial charge on any atom is 0.338 e. The van der Waals surface area contributed by atoms with E-state index in [1.165, 1.54) is 0 Å². The molecule has 54 heavy (non-hydrogen) atoms. The first-order valence-corrected chi connectivity index (χ1v) is 20.3. The Morgan fingerprint density at radius 3 is 1.00 bits per heavy atom. The number of hydrogen-bond donors (Lipinski definition) is 0. The van der Waals surface area contributed by atoms with E-state index in [0.29, 0.717) is 60.5 Å². The van der Waals surface area contributed by atoms with Crippen LogP contribution in [0.4, 0.5) is 0 Å². The van der Waals surface area contributed by atoms with Crippen molar-refractivity contribution in [3.8, 4) is 0 Å². The fourth-order valence-electron chi connectivity index (χ4n) is 8.06. The zero-order valence-electron chi connectivity index (χ0n) is 34.2. The number of piperidine rings is 2. The number of hydrogen-bond acceptors (Lipinski definition) is 8. The average molecular weight is 741 g/mol. The molecule has 294 valence electrons. The molecule has 8 nitrogen and oxygen atoms in total. The van der Waals surface area contributed by atoms with E-state index in [9.17, 15) is 9.59 Å². The highest BCUT2D eigenvalue weighted by Crippen LogP contribution is 2.38. The third kappa shape index (κ3) is 10.4. The van der Waals surface area contributed by atoms with Gasteiger partial charge in [-0.25, -0.2) is 9.59 Å². The molecule has 3 aromatic carbocycles. The topological polar surface area (TPSA) is 77.5 Å². The van der Waals surface area contributed by atoms with Gasteiger partial charge < -0.3 is 9.47 Å². The van der Waals surface area contributed by atoms with Gasteiger partial charge in [0.25, 0.3) is 0 Å². The molecule has 5 rings (SSSR count). The molecule has 2 aliphatic rings. The van der Waals surface area contributed by atoms with Gasteiger partial charge in [-0.15, -0.1) is 0 Å². The molecule has 0 radical (unpaired) electrons. The lowest BCUT2D eigenvalue weighted by Crippen LogP contribution is -2.55. The minimum atomic E-state index is -0.381. The van der Waals surface area contributed by atoms with Gasteiger partial charge in [0.2, 0.25) is 0 Å². The fourth-order valence-corrected chi connectivity index (χ4v) is 8.06. The Hall–Kier alpha value is -3.56. The van der Waals surface area contributed by atoms with Gasteiger partial charge in [-0.2, -0.15) is 10.1 Å². The Morgan fingerprint density at radius 1 is 0.463 bits per heavy atom. The number of ether oxygens (including phenoxy) is 2. The first kappa shape index (κ1) is 41.6. The van der Waals surface area contributed by atoms with E-state index in [4.69, 9.17) is 19.1 Å². The molecule has 0 bridgehead atoms. The van der Waals surface area contributed by atoms with Crippen LogP contribution in [0.25, 0.3) is 0 Å². The summed E-state index contributed by atoms with van der Waals surface area (Å²) in [6, 6.07) is 27.6. The summed E-state index contributed by atoms with van der Waals surface area (Å²) in [6.07, 6.45) is 2.04. The van der Waals surface area contributed by atoms with Crippen LogP contribution in [0.5, 0.6) is 0 Å². The molecule has 2 fully saturated rings. The standard InChI is InChI=1S/C46H64N2O6/c1-29(2)41-25-39(26-42(30(3)4)47(41)53-33(9)35-17-13-11-14-18-35)51-45(49)37-21-23-38(24-22-37)46(50)52-40-27-43(31(5)6)48(44(28-40)32(7)8)54-34(10)36-19-15-12-16-20-36/h11-24,29-34,39-44H,25-28H2,1-10H3. The quantitative estimate of drug-likeness (QED) is 0.151. The molecule has 0 amide bonds. The monoisotopic (exact) mass is 740 g/mol. The van der Waals surface area contributed by atoms with Crippen molar-refractivity contribution < 1.29 is 28.7 Å². The van der Waals surface area contributed by atoms with Crippen molar-refractivity contribution in [3.05, 3.63) is 107 Å². The van der Waals surface area contributed by atoms with E-state index in [2.05, 4.69) is 104 Å². The summed E-state index contributed by atoms with van der Waals surface area (Å²) in [5, 5.41) is 4.37. The lowest BCUT2D eigenvalue weighted by Gasteiger charge is -2.48. The SMILES string of the molecule is CC(ON1C(C(C)C)CC(OC(=O)c2ccc(C(=O)OC3CC(C(C)C)N(OC(C)c4ccccc4)C(C(C)C)C3)cc2)CC1C(C)C)c1ccccc1. The number of rotatable bonds is 14. The Labute approximate surface area is 324 Å². The second kappa shape index (κ2) is 18.9. The number of esters is 2. The Balaban J connectivity index is 1.21. The highest BCUT2D eigenvalue weighted by Gasteiger charge is 2.43. The normalized spacial score (nSPS) is 25.2. The van der Waals surface area contributed by atoms with Crippen LogP contribution < -0.4 is 0 Å². The van der Waals surface area contributed by atoms with E-state index >= 15 is 0 Å². The molecule has 2 heterocycles. The molecule has 2 saturated heterocycles. The lowest BCUT2D eigenvalue weighted by atomic mass is 9.84. The van der Waals surface area contributed by atoms with Crippen molar-refractivity contribution in [1.82, 2.24) is 10.1 Å². The predicted octanol–water partition coefficient (Wildman–Crippen LogP) is 10.4. The summed E-state index contributed by atoms with van der Waals surface area (Å²) in [7, 11) is 0. The first-order chi connectivity index (χ1) is 25.7. The summed E-state index contributed by atoms with van der Waals surface area (Å²) < 4.78 is 12.4. The van der Waals surface area contributed by atoms with Gasteiger partial charge in [0.15, 0.2) is 0 Å². The molecule has 2 aliphatic heterocycles. The van der Waals surface area contributed by atoms with E-state index in [-0.39, 0.29) is 60.5 Å². The minimum Gasteiger partial charge on any atom is -0.459 e. The van der Waals surface area contributed by atoms with Crippen LogP contribution >= 0.6 is 0 Å². The molecule has 6 atom stereocenters. The first-order valence-electron chi connectivity index (χ1n) is 20.3. The van der Waals surface area contributed by atoms with Gasteiger partial charge >= 0.3 is 11.9 Å². The molecule has 6 unspecified atom stereocenters. The van der Waals surface area contributed by atoms with E-state index < -0.39 is 0 Å². The van der Waals surface area contributed by atoms with Gasteiger partial charge in [0, 0.05) is 49.9 Å². The molecule has 3 aromatic rings. The van der Waals surface area contributed by atoms with Crippen molar-refractivity contribution in [2.45, 2.75) is 144 Å². The van der Waals surface area contributed by atoms with E-state index in [1.54, 1.807) is 24.3 Å². The van der Waals surface area contributed by atoms with Crippen LogP contribution in [0.15, 0.2) is 84.9 Å². The number of nitrogens with zero attached hydrogens (tertiary/aromatic N) is 2. The Kier molecular flexibility index (Phi) is 14.5. The molecule has 0 saturated carbocycles. The molecule has 0 spiro atoms. The largest absolute Gasteiger partial charge is 0.459 e. The van der Waals surface area contributed by atoms with Crippen LogP contribution in [-0.4, -0.2) is 58.4 Å². The summed E-state index contributed by atoms with van der Waals surface area (Å²) in [4.78, 5) is 40.3. The van der Waals surface area contributed by atoms with Crippen LogP contribution in [-0.2, 0) is 19.1 Å². The summed E-state index contributed by atoms with van der Waals surface area (Å²) >= 11 is 0. The lowest BCUT2D eigenvalue weighted by molar-refractivity contribution is -0.277. The van der Waals surface area contributed by atoms with Crippen molar-refractivity contribution in [1.29, 1.82) is 0 Å². The van der Waals surface area contributed by atoms with Crippen molar-refractivity contribution in [2.75, 3.05) is 0 Å².